The third-order valence-corrected chi connectivity index (χ3v) is 6.26. The largest absolute Gasteiger partial charge is 0.478 e. The second-order valence-corrected chi connectivity index (χ2v) is 9.01. The number of amides is 3. The molecule has 0 bridgehead atoms. The van der Waals surface area contributed by atoms with Crippen LogP contribution in [0, 0.1) is 0 Å². The van der Waals surface area contributed by atoms with Crippen LogP contribution in [-0.4, -0.2) is 40.5 Å². The first-order chi connectivity index (χ1) is 16.8. The van der Waals surface area contributed by atoms with E-state index in [2.05, 4.69) is 24.5 Å². The minimum Gasteiger partial charge on any atom is -0.478 e. The fourth-order valence-electron chi connectivity index (χ4n) is 4.21. The number of hydrogen-bond acceptors (Lipinski definition) is 3. The number of aromatic carboxylic acids is 1. The molecule has 7 heteroatoms. The molecule has 3 N–H and O–H groups in total. The molecule has 0 aromatic heterocycles. The van der Waals surface area contributed by atoms with Gasteiger partial charge in [0, 0.05) is 17.9 Å². The predicted molar refractivity (Wildman–Crippen MR) is 137 cm³/mol. The van der Waals surface area contributed by atoms with Gasteiger partial charge in [-0.2, -0.15) is 0 Å². The molecule has 4 rings (SSSR count). The molecule has 0 aliphatic carbocycles. The summed E-state index contributed by atoms with van der Waals surface area (Å²) >= 11 is 0. The Balaban J connectivity index is 1.37. The maximum Gasteiger partial charge on any atom is 0.335 e. The molecule has 1 aliphatic heterocycles. The molecule has 0 spiro atoms. The zero-order chi connectivity index (χ0) is 24.9. The van der Waals surface area contributed by atoms with Gasteiger partial charge in [0.1, 0.15) is 6.04 Å². The molecule has 1 fully saturated rings. The lowest BCUT2D eigenvalue weighted by Crippen LogP contribution is -2.45. The third kappa shape index (κ3) is 5.69. The summed E-state index contributed by atoms with van der Waals surface area (Å²) in [7, 11) is 0. The fourth-order valence-corrected chi connectivity index (χ4v) is 4.21. The average Bonchev–Trinajstić information content (AvgIpc) is 3.35. The number of rotatable bonds is 6. The molecule has 1 heterocycles. The normalized spacial score (nSPS) is 15.2. The molecular formula is C28H29N3O4. The molecular weight excluding hydrogens is 442 g/mol. The highest BCUT2D eigenvalue weighted by Gasteiger charge is 2.34. The Morgan fingerprint density at radius 2 is 1.37 bits per heavy atom. The predicted octanol–water partition coefficient (Wildman–Crippen LogP) is 5.81. The first kappa shape index (κ1) is 24.0. The number of nitrogens with zero attached hydrogens (tertiary/aromatic N) is 1. The molecule has 3 aromatic carbocycles. The topological polar surface area (TPSA) is 98.7 Å². The lowest BCUT2D eigenvalue weighted by molar-refractivity contribution is -0.119. The smallest absolute Gasteiger partial charge is 0.335 e. The molecule has 7 nitrogen and oxygen atoms in total. The van der Waals surface area contributed by atoms with Crippen molar-refractivity contribution < 1.29 is 19.5 Å². The zero-order valence-corrected chi connectivity index (χ0v) is 19.8. The van der Waals surface area contributed by atoms with E-state index in [4.69, 9.17) is 5.11 Å². The summed E-state index contributed by atoms with van der Waals surface area (Å²) in [4.78, 5) is 38.5. The van der Waals surface area contributed by atoms with Crippen LogP contribution in [0.25, 0.3) is 11.1 Å². The van der Waals surface area contributed by atoms with E-state index in [0.717, 1.165) is 17.5 Å². The van der Waals surface area contributed by atoms with Crippen molar-refractivity contribution in [3.63, 3.8) is 0 Å². The molecule has 0 radical (unpaired) electrons. The first-order valence-electron chi connectivity index (χ1n) is 11.7. The second kappa shape index (κ2) is 10.4. The standard InChI is InChI=1S/C28H29N3O4/c1-18(2)19-9-13-24(14-10-19)30-28(35)31-17-3-4-25(31)26(32)29-23-15-11-21(12-16-23)20-5-7-22(8-6-20)27(33)34/h5-16,18,25H,3-4,17H2,1-2H3,(H,29,32)(H,30,35)(H,33,34)/t25-/m0/s1. The van der Waals surface area contributed by atoms with Crippen molar-refractivity contribution in [2.45, 2.75) is 38.6 Å². The lowest BCUT2D eigenvalue weighted by Gasteiger charge is -2.24. The number of carbonyl (C=O) groups is 3. The molecule has 1 saturated heterocycles. The molecule has 1 aliphatic rings. The van der Waals surface area contributed by atoms with E-state index in [0.29, 0.717) is 30.3 Å². The van der Waals surface area contributed by atoms with Crippen LogP contribution in [0.2, 0.25) is 0 Å². The third-order valence-electron chi connectivity index (χ3n) is 6.26. The van der Waals surface area contributed by atoms with Gasteiger partial charge in [0.2, 0.25) is 5.91 Å². The van der Waals surface area contributed by atoms with E-state index in [9.17, 15) is 14.4 Å². The van der Waals surface area contributed by atoms with Gasteiger partial charge in [-0.05, 0) is 71.8 Å². The van der Waals surface area contributed by atoms with Gasteiger partial charge >= 0.3 is 12.0 Å². The van der Waals surface area contributed by atoms with Crippen LogP contribution in [0.15, 0.2) is 72.8 Å². The van der Waals surface area contributed by atoms with Gasteiger partial charge in [-0.1, -0.05) is 50.2 Å². The number of carboxylic acids is 1. The summed E-state index contributed by atoms with van der Waals surface area (Å²) < 4.78 is 0. The molecule has 180 valence electrons. The van der Waals surface area contributed by atoms with E-state index in [1.54, 1.807) is 41.3 Å². The molecule has 1 atom stereocenters. The van der Waals surface area contributed by atoms with Crippen molar-refractivity contribution >= 4 is 29.3 Å². The van der Waals surface area contributed by atoms with Crippen molar-refractivity contribution in [3.8, 4) is 11.1 Å². The van der Waals surface area contributed by atoms with Crippen LogP contribution in [0.4, 0.5) is 16.2 Å². The Labute approximate surface area is 204 Å². The molecule has 3 aromatic rings. The Kier molecular flexibility index (Phi) is 7.15. The number of carboxylic acid groups (broad SMARTS) is 1. The average molecular weight is 472 g/mol. The summed E-state index contributed by atoms with van der Waals surface area (Å²) in [6.07, 6.45) is 1.38. The van der Waals surface area contributed by atoms with Gasteiger partial charge in [0.05, 0.1) is 5.56 Å². The summed E-state index contributed by atoms with van der Waals surface area (Å²) in [6, 6.07) is 20.9. The van der Waals surface area contributed by atoms with E-state index in [1.807, 2.05) is 36.4 Å². The highest BCUT2D eigenvalue weighted by atomic mass is 16.4. The minimum atomic E-state index is -0.965. The summed E-state index contributed by atoms with van der Waals surface area (Å²) in [5.41, 5.74) is 4.56. The number of likely N-dealkylation sites (tertiary alicyclic amines) is 1. The van der Waals surface area contributed by atoms with E-state index in [1.165, 1.54) is 5.56 Å². The highest BCUT2D eigenvalue weighted by Crippen LogP contribution is 2.24. The summed E-state index contributed by atoms with van der Waals surface area (Å²) in [6.45, 7) is 4.76. The first-order valence-corrected chi connectivity index (χ1v) is 11.7. The van der Waals surface area contributed by atoms with Gasteiger partial charge < -0.3 is 20.6 Å². The van der Waals surface area contributed by atoms with Crippen molar-refractivity contribution in [2.75, 3.05) is 17.2 Å². The van der Waals surface area contributed by atoms with E-state index in [-0.39, 0.29) is 17.5 Å². The van der Waals surface area contributed by atoms with Gasteiger partial charge in [-0.25, -0.2) is 9.59 Å². The molecule has 3 amide bonds. The monoisotopic (exact) mass is 471 g/mol. The van der Waals surface area contributed by atoms with Gasteiger partial charge in [-0.3, -0.25) is 4.79 Å². The number of hydrogen-bond donors (Lipinski definition) is 3. The zero-order valence-electron chi connectivity index (χ0n) is 19.8. The quantitative estimate of drug-likeness (QED) is 0.422. The second-order valence-electron chi connectivity index (χ2n) is 9.01. The van der Waals surface area contributed by atoms with Crippen LogP contribution < -0.4 is 10.6 Å². The van der Waals surface area contributed by atoms with Gasteiger partial charge in [0.15, 0.2) is 0 Å². The van der Waals surface area contributed by atoms with Crippen LogP contribution in [0.1, 0.15) is 48.5 Å². The Hall–Kier alpha value is -4.13. The molecule has 0 unspecified atom stereocenters. The number of benzene rings is 3. The van der Waals surface area contributed by atoms with Crippen LogP contribution in [0.5, 0.6) is 0 Å². The molecule has 0 saturated carbocycles. The van der Waals surface area contributed by atoms with Crippen molar-refractivity contribution in [3.05, 3.63) is 83.9 Å². The maximum atomic E-state index is 13.0. The Morgan fingerprint density at radius 1 is 0.829 bits per heavy atom. The highest BCUT2D eigenvalue weighted by molar-refractivity contribution is 5.99. The fraction of sp³-hybridized carbons (Fsp3) is 0.250. The van der Waals surface area contributed by atoms with E-state index < -0.39 is 12.0 Å². The van der Waals surface area contributed by atoms with Crippen LogP contribution in [-0.2, 0) is 4.79 Å². The van der Waals surface area contributed by atoms with Crippen LogP contribution >= 0.6 is 0 Å². The van der Waals surface area contributed by atoms with Crippen LogP contribution in [0.3, 0.4) is 0 Å². The van der Waals surface area contributed by atoms with Crippen molar-refractivity contribution in [1.82, 2.24) is 4.90 Å². The van der Waals surface area contributed by atoms with Crippen molar-refractivity contribution in [1.29, 1.82) is 0 Å². The maximum absolute atomic E-state index is 13.0. The lowest BCUT2D eigenvalue weighted by atomic mass is 10.0. The Morgan fingerprint density at radius 3 is 1.94 bits per heavy atom. The number of urea groups is 1. The summed E-state index contributed by atoms with van der Waals surface area (Å²) in [5, 5.41) is 14.9. The molecule has 35 heavy (non-hydrogen) atoms. The Bertz CT molecular complexity index is 1200. The summed E-state index contributed by atoms with van der Waals surface area (Å²) in [5.74, 6) is -0.766. The van der Waals surface area contributed by atoms with E-state index >= 15 is 0 Å². The van der Waals surface area contributed by atoms with Gasteiger partial charge in [0.25, 0.3) is 0 Å². The number of anilines is 2. The number of nitrogens with one attached hydrogen (secondary N) is 2. The SMILES string of the molecule is CC(C)c1ccc(NC(=O)N2CCC[C@H]2C(=O)Nc2ccc(-c3ccc(C(=O)O)cc3)cc2)cc1. The number of carbonyl (C=O) groups excluding carboxylic acids is 2. The minimum absolute atomic E-state index is 0.216. The van der Waals surface area contributed by atoms with Gasteiger partial charge in [-0.15, -0.1) is 0 Å². The van der Waals surface area contributed by atoms with Crippen molar-refractivity contribution in [2.24, 2.45) is 0 Å².